The van der Waals surface area contributed by atoms with Crippen LogP contribution < -0.4 is 10.1 Å². The van der Waals surface area contributed by atoms with Crippen molar-refractivity contribution in [3.8, 4) is 5.88 Å². The summed E-state index contributed by atoms with van der Waals surface area (Å²) in [5.41, 5.74) is 0. The minimum atomic E-state index is 0.276. The van der Waals surface area contributed by atoms with Crippen molar-refractivity contribution in [2.45, 2.75) is 58.7 Å². The molecule has 1 heterocycles. The monoisotopic (exact) mass is 293 g/mol. The highest BCUT2D eigenvalue weighted by Gasteiger charge is 2.21. The topological polar surface area (TPSA) is 56.3 Å². The maximum Gasteiger partial charge on any atom is 0.219 e. The van der Waals surface area contributed by atoms with Crippen LogP contribution in [0.1, 0.15) is 51.8 Å². The summed E-state index contributed by atoms with van der Waals surface area (Å²) in [5.74, 6) is 2.88. The van der Waals surface area contributed by atoms with Gasteiger partial charge in [0.15, 0.2) is 5.82 Å². The second kappa shape index (κ2) is 8.17. The highest BCUT2D eigenvalue weighted by atomic mass is 16.5. The van der Waals surface area contributed by atoms with Crippen molar-refractivity contribution in [3.63, 3.8) is 0 Å². The Morgan fingerprint density at radius 2 is 2.19 bits per heavy atom. The number of nitrogens with zero attached hydrogens (tertiary/aromatic N) is 2. The number of rotatable bonds is 7. The Hall–Kier alpha value is -1.36. The van der Waals surface area contributed by atoms with Crippen molar-refractivity contribution in [2.75, 3.05) is 19.0 Å². The smallest absolute Gasteiger partial charge is 0.219 e. The van der Waals surface area contributed by atoms with Crippen LogP contribution >= 0.6 is 0 Å². The third kappa shape index (κ3) is 5.16. The van der Waals surface area contributed by atoms with Gasteiger partial charge in [0.05, 0.1) is 0 Å². The molecule has 0 radical (unpaired) electrons. The lowest BCUT2D eigenvalue weighted by Crippen LogP contribution is -2.24. The van der Waals surface area contributed by atoms with Crippen molar-refractivity contribution in [3.05, 3.63) is 11.9 Å². The van der Waals surface area contributed by atoms with Gasteiger partial charge in [0, 0.05) is 19.7 Å². The first-order valence-corrected chi connectivity index (χ1v) is 7.98. The third-order valence-corrected chi connectivity index (χ3v) is 3.75. The van der Waals surface area contributed by atoms with Gasteiger partial charge in [-0.25, -0.2) is 4.98 Å². The summed E-state index contributed by atoms with van der Waals surface area (Å²) in [6, 6.07) is 1.90. The van der Waals surface area contributed by atoms with Crippen LogP contribution in [-0.2, 0) is 11.3 Å². The van der Waals surface area contributed by atoms with E-state index in [0.29, 0.717) is 18.3 Å². The first kappa shape index (κ1) is 16.0. The average molecular weight is 293 g/mol. The second-order valence-corrected chi connectivity index (χ2v) is 5.88. The van der Waals surface area contributed by atoms with E-state index in [-0.39, 0.29) is 6.10 Å². The van der Waals surface area contributed by atoms with E-state index in [1.807, 2.05) is 6.07 Å². The Kier molecular flexibility index (Phi) is 6.23. The van der Waals surface area contributed by atoms with Crippen LogP contribution in [0.4, 0.5) is 5.82 Å². The van der Waals surface area contributed by atoms with Gasteiger partial charge in [-0.2, -0.15) is 4.98 Å². The summed E-state index contributed by atoms with van der Waals surface area (Å²) in [5, 5.41) is 3.29. The predicted octanol–water partition coefficient (Wildman–Crippen LogP) is 3.40. The van der Waals surface area contributed by atoms with Crippen LogP contribution in [0.15, 0.2) is 6.07 Å². The van der Waals surface area contributed by atoms with Crippen LogP contribution in [0, 0.1) is 5.92 Å². The van der Waals surface area contributed by atoms with E-state index >= 15 is 0 Å². The molecule has 0 amide bonds. The molecule has 0 aliphatic heterocycles. The molecule has 1 fully saturated rings. The Labute approximate surface area is 127 Å². The average Bonchev–Trinajstić information content (AvgIpc) is 2.45. The van der Waals surface area contributed by atoms with Gasteiger partial charge in [0.25, 0.3) is 0 Å². The molecule has 118 valence electrons. The number of hydrogen-bond acceptors (Lipinski definition) is 5. The molecule has 1 aromatic rings. The molecule has 2 unspecified atom stereocenters. The van der Waals surface area contributed by atoms with Crippen molar-refractivity contribution >= 4 is 5.82 Å². The highest BCUT2D eigenvalue weighted by Crippen LogP contribution is 2.27. The molecule has 0 aromatic carbocycles. The van der Waals surface area contributed by atoms with Gasteiger partial charge < -0.3 is 14.8 Å². The van der Waals surface area contributed by atoms with Crippen molar-refractivity contribution in [1.82, 2.24) is 9.97 Å². The fourth-order valence-electron chi connectivity index (χ4n) is 2.73. The highest BCUT2D eigenvalue weighted by molar-refractivity contribution is 5.38. The van der Waals surface area contributed by atoms with Gasteiger partial charge in [-0.05, 0) is 31.6 Å². The minimum Gasteiger partial charge on any atom is -0.474 e. The fraction of sp³-hybridized carbons (Fsp3) is 0.750. The summed E-state index contributed by atoms with van der Waals surface area (Å²) in [7, 11) is 1.65. The predicted molar refractivity (Wildman–Crippen MR) is 83.6 cm³/mol. The minimum absolute atomic E-state index is 0.276. The number of nitrogens with one attached hydrogen (secondary N) is 1. The summed E-state index contributed by atoms with van der Waals surface area (Å²) in [6.45, 7) is 5.72. The molecule has 1 aromatic heterocycles. The SMILES string of the molecule is CCCNc1cc(OC2CCCC(C)C2)nc(COC)n1. The Morgan fingerprint density at radius 3 is 2.90 bits per heavy atom. The molecule has 0 bridgehead atoms. The van der Waals surface area contributed by atoms with Gasteiger partial charge >= 0.3 is 0 Å². The summed E-state index contributed by atoms with van der Waals surface area (Å²) < 4.78 is 11.2. The van der Waals surface area contributed by atoms with Gasteiger partial charge in [-0.1, -0.05) is 20.3 Å². The zero-order valence-electron chi connectivity index (χ0n) is 13.4. The van der Waals surface area contributed by atoms with Gasteiger partial charge in [-0.15, -0.1) is 0 Å². The van der Waals surface area contributed by atoms with E-state index < -0.39 is 0 Å². The lowest BCUT2D eigenvalue weighted by Gasteiger charge is -2.27. The summed E-state index contributed by atoms with van der Waals surface area (Å²) >= 11 is 0. The molecular formula is C16H27N3O2. The van der Waals surface area contributed by atoms with Crippen LogP contribution in [0.25, 0.3) is 0 Å². The van der Waals surface area contributed by atoms with Crippen molar-refractivity contribution in [1.29, 1.82) is 0 Å². The molecule has 2 atom stereocenters. The molecule has 1 aliphatic rings. The first-order chi connectivity index (χ1) is 10.2. The molecule has 21 heavy (non-hydrogen) atoms. The maximum atomic E-state index is 6.09. The Bertz CT molecular complexity index is 440. The summed E-state index contributed by atoms with van der Waals surface area (Å²) in [6.07, 6.45) is 6.11. The second-order valence-electron chi connectivity index (χ2n) is 5.88. The standard InChI is InChI=1S/C16H27N3O2/c1-4-8-17-14-10-16(19-15(18-14)11-20-3)21-13-7-5-6-12(2)9-13/h10,12-13H,4-9,11H2,1-3H3,(H,17,18,19). The van der Waals surface area contributed by atoms with Crippen LogP contribution in [0.3, 0.4) is 0 Å². The lowest BCUT2D eigenvalue weighted by molar-refractivity contribution is 0.121. The molecule has 1 aliphatic carbocycles. The van der Waals surface area contributed by atoms with Gasteiger partial charge in [0.1, 0.15) is 18.5 Å². The normalized spacial score (nSPS) is 22.0. The number of methoxy groups -OCH3 is 1. The van der Waals surface area contributed by atoms with Crippen molar-refractivity contribution in [2.24, 2.45) is 5.92 Å². The van der Waals surface area contributed by atoms with E-state index in [0.717, 1.165) is 37.5 Å². The number of ether oxygens (including phenoxy) is 2. The van der Waals surface area contributed by atoms with E-state index in [1.54, 1.807) is 7.11 Å². The molecule has 5 heteroatoms. The largest absolute Gasteiger partial charge is 0.474 e. The zero-order chi connectivity index (χ0) is 15.1. The van der Waals surface area contributed by atoms with E-state index in [2.05, 4.69) is 29.1 Å². The number of anilines is 1. The lowest BCUT2D eigenvalue weighted by atomic mass is 9.89. The van der Waals surface area contributed by atoms with Gasteiger partial charge in [-0.3, -0.25) is 0 Å². The summed E-state index contributed by atoms with van der Waals surface area (Å²) in [4.78, 5) is 8.89. The van der Waals surface area contributed by atoms with Crippen LogP contribution in [0.5, 0.6) is 5.88 Å². The molecule has 1 saturated carbocycles. The van der Waals surface area contributed by atoms with Crippen LogP contribution in [-0.4, -0.2) is 29.7 Å². The fourth-order valence-corrected chi connectivity index (χ4v) is 2.73. The zero-order valence-corrected chi connectivity index (χ0v) is 13.4. The quantitative estimate of drug-likeness (QED) is 0.835. The Morgan fingerprint density at radius 1 is 1.33 bits per heavy atom. The molecular weight excluding hydrogens is 266 g/mol. The van der Waals surface area contributed by atoms with Crippen LogP contribution in [0.2, 0.25) is 0 Å². The number of aromatic nitrogens is 2. The third-order valence-electron chi connectivity index (χ3n) is 3.75. The van der Waals surface area contributed by atoms with E-state index in [9.17, 15) is 0 Å². The molecule has 0 spiro atoms. The Balaban J connectivity index is 2.06. The molecule has 2 rings (SSSR count). The molecule has 1 N–H and O–H groups in total. The maximum absolute atomic E-state index is 6.09. The number of hydrogen-bond donors (Lipinski definition) is 1. The van der Waals surface area contributed by atoms with E-state index in [1.165, 1.54) is 12.8 Å². The molecule has 0 saturated heterocycles. The van der Waals surface area contributed by atoms with Crippen molar-refractivity contribution < 1.29 is 9.47 Å². The van der Waals surface area contributed by atoms with E-state index in [4.69, 9.17) is 9.47 Å². The van der Waals surface area contributed by atoms with Gasteiger partial charge in [0.2, 0.25) is 5.88 Å². The molecule has 5 nitrogen and oxygen atoms in total. The first-order valence-electron chi connectivity index (χ1n) is 7.98.